The van der Waals surface area contributed by atoms with Crippen LogP contribution in [-0.4, -0.2) is 23.9 Å². The summed E-state index contributed by atoms with van der Waals surface area (Å²) in [6, 6.07) is 0. The van der Waals surface area contributed by atoms with Gasteiger partial charge in [0.25, 0.3) is 0 Å². The van der Waals surface area contributed by atoms with Gasteiger partial charge in [-0.2, -0.15) is 0 Å². The monoisotopic (exact) mass is 280 g/mol. The molecule has 1 aliphatic rings. The van der Waals surface area contributed by atoms with Crippen molar-refractivity contribution in [2.24, 2.45) is 4.99 Å². The van der Waals surface area contributed by atoms with Crippen molar-refractivity contribution in [3.63, 3.8) is 0 Å². The second kappa shape index (κ2) is 5.70. The summed E-state index contributed by atoms with van der Waals surface area (Å²) in [6.45, 7) is 6.81. The fraction of sp³-hybridized carbons (Fsp3) is 0.667. The van der Waals surface area contributed by atoms with E-state index >= 15 is 0 Å². The van der Waals surface area contributed by atoms with E-state index in [4.69, 9.17) is 0 Å². The van der Waals surface area contributed by atoms with Crippen molar-refractivity contribution in [3.05, 3.63) is 12.4 Å². The predicted octanol–water partition coefficient (Wildman–Crippen LogP) is -0.860. The molecule has 0 bridgehead atoms. The minimum atomic E-state index is 0. The van der Waals surface area contributed by atoms with Gasteiger partial charge in [0.1, 0.15) is 6.20 Å². The molecule has 0 N–H and O–H groups in total. The van der Waals surface area contributed by atoms with E-state index in [9.17, 15) is 0 Å². The van der Waals surface area contributed by atoms with E-state index in [-0.39, 0.29) is 24.0 Å². The highest BCUT2D eigenvalue weighted by Gasteiger charge is 2.22. The predicted molar refractivity (Wildman–Crippen MR) is 48.2 cm³/mol. The lowest BCUT2D eigenvalue weighted by Crippen LogP contribution is -3.00. The molecule has 0 aliphatic carbocycles. The van der Waals surface area contributed by atoms with Crippen molar-refractivity contribution in [1.82, 2.24) is 0 Å². The first-order chi connectivity index (χ1) is 5.33. The zero-order valence-corrected chi connectivity index (χ0v) is 9.99. The standard InChI is InChI=1S/C9H17N2.HI/c1-3-6-11(7-4-2)8-5-10-9-11;/h5,8-9H,3-4,6-7H2,1-2H3;1H/q+1;/p-1. The molecule has 0 spiro atoms. The lowest BCUT2D eigenvalue weighted by Gasteiger charge is -2.26. The molecule has 2 nitrogen and oxygen atoms in total. The summed E-state index contributed by atoms with van der Waals surface area (Å²) in [5.74, 6) is 0. The molecule has 3 heteroatoms. The minimum absolute atomic E-state index is 0. The van der Waals surface area contributed by atoms with Crippen LogP contribution in [0.5, 0.6) is 0 Å². The summed E-state index contributed by atoms with van der Waals surface area (Å²) in [6.07, 6.45) is 8.58. The van der Waals surface area contributed by atoms with E-state index in [0.717, 1.165) is 4.48 Å². The van der Waals surface area contributed by atoms with E-state index < -0.39 is 0 Å². The molecule has 0 saturated heterocycles. The van der Waals surface area contributed by atoms with Crippen LogP contribution in [0.3, 0.4) is 0 Å². The highest BCUT2D eigenvalue weighted by molar-refractivity contribution is 5.50. The highest BCUT2D eigenvalue weighted by atomic mass is 127. The van der Waals surface area contributed by atoms with Crippen molar-refractivity contribution >= 4 is 6.34 Å². The Labute approximate surface area is 92.0 Å². The van der Waals surface area contributed by atoms with Gasteiger partial charge in [-0.05, 0) is 12.8 Å². The van der Waals surface area contributed by atoms with Crippen LogP contribution >= 0.6 is 0 Å². The first kappa shape index (κ1) is 12.1. The van der Waals surface area contributed by atoms with E-state index in [1.165, 1.54) is 25.9 Å². The highest BCUT2D eigenvalue weighted by Crippen LogP contribution is 2.12. The summed E-state index contributed by atoms with van der Waals surface area (Å²) in [5, 5.41) is 0. The summed E-state index contributed by atoms with van der Waals surface area (Å²) in [5.41, 5.74) is 0. The van der Waals surface area contributed by atoms with Crippen molar-refractivity contribution < 1.29 is 28.5 Å². The molecule has 0 radical (unpaired) electrons. The Hall–Kier alpha value is 0.100. The topological polar surface area (TPSA) is 12.4 Å². The van der Waals surface area contributed by atoms with Crippen LogP contribution in [0, 0.1) is 0 Å². The van der Waals surface area contributed by atoms with Gasteiger partial charge in [-0.1, -0.05) is 13.8 Å². The number of rotatable bonds is 4. The zero-order valence-electron chi connectivity index (χ0n) is 7.83. The average molecular weight is 280 g/mol. The van der Waals surface area contributed by atoms with Gasteiger partial charge in [-0.3, -0.25) is 4.48 Å². The SMILES string of the molecule is CCC[N+]1(CCC)C=CN=C1.[I-]. The van der Waals surface area contributed by atoms with Crippen LogP contribution < -0.4 is 24.0 Å². The lowest BCUT2D eigenvalue weighted by atomic mass is 10.3. The number of hydrogen-bond donors (Lipinski definition) is 0. The molecular weight excluding hydrogens is 263 g/mol. The van der Waals surface area contributed by atoms with Gasteiger partial charge >= 0.3 is 0 Å². The summed E-state index contributed by atoms with van der Waals surface area (Å²) in [4.78, 5) is 4.14. The van der Waals surface area contributed by atoms with E-state index in [1.54, 1.807) is 0 Å². The molecule has 0 unspecified atom stereocenters. The van der Waals surface area contributed by atoms with Crippen LogP contribution in [0.2, 0.25) is 0 Å². The van der Waals surface area contributed by atoms with E-state index in [0.29, 0.717) is 0 Å². The molecule has 0 aromatic rings. The van der Waals surface area contributed by atoms with Crippen LogP contribution in [0.1, 0.15) is 26.7 Å². The second-order valence-corrected chi connectivity index (χ2v) is 3.11. The molecular formula is C9H17IN2. The molecule has 0 fully saturated rings. The molecule has 70 valence electrons. The second-order valence-electron chi connectivity index (χ2n) is 3.11. The Balaban J connectivity index is 0.00000121. The first-order valence-electron chi connectivity index (χ1n) is 4.41. The summed E-state index contributed by atoms with van der Waals surface area (Å²) >= 11 is 0. The third-order valence-electron chi connectivity index (χ3n) is 2.03. The Morgan fingerprint density at radius 1 is 1.17 bits per heavy atom. The number of nitrogens with zero attached hydrogens (tertiary/aromatic N) is 2. The average Bonchev–Trinajstić information content (AvgIpc) is 2.39. The van der Waals surface area contributed by atoms with Crippen molar-refractivity contribution in [1.29, 1.82) is 0 Å². The maximum atomic E-state index is 4.14. The fourth-order valence-electron chi connectivity index (χ4n) is 1.59. The van der Waals surface area contributed by atoms with Crippen LogP contribution in [0.15, 0.2) is 17.4 Å². The summed E-state index contributed by atoms with van der Waals surface area (Å²) < 4.78 is 0.965. The van der Waals surface area contributed by atoms with E-state index in [1.807, 2.05) is 12.5 Å². The first-order valence-corrected chi connectivity index (χ1v) is 4.41. The normalized spacial score (nSPS) is 17.8. The smallest absolute Gasteiger partial charge is 0.194 e. The van der Waals surface area contributed by atoms with Gasteiger partial charge in [-0.25, -0.2) is 4.99 Å². The van der Waals surface area contributed by atoms with Crippen LogP contribution in [-0.2, 0) is 0 Å². The fourth-order valence-corrected chi connectivity index (χ4v) is 1.59. The van der Waals surface area contributed by atoms with Gasteiger partial charge in [-0.15, -0.1) is 0 Å². The van der Waals surface area contributed by atoms with Gasteiger partial charge in [0.15, 0.2) is 6.34 Å². The Morgan fingerprint density at radius 3 is 2.08 bits per heavy atom. The number of quaternary nitrogens is 1. The Kier molecular flexibility index (Phi) is 5.74. The van der Waals surface area contributed by atoms with Crippen molar-refractivity contribution in [3.8, 4) is 0 Å². The van der Waals surface area contributed by atoms with Gasteiger partial charge in [0.05, 0.1) is 19.3 Å². The molecule has 12 heavy (non-hydrogen) atoms. The largest absolute Gasteiger partial charge is 1.00 e. The van der Waals surface area contributed by atoms with E-state index in [2.05, 4.69) is 25.0 Å². The van der Waals surface area contributed by atoms with Gasteiger partial charge < -0.3 is 24.0 Å². The maximum Gasteiger partial charge on any atom is 0.194 e. The zero-order chi connectivity index (χ0) is 8.16. The lowest BCUT2D eigenvalue weighted by molar-refractivity contribution is -0.779. The molecule has 0 aromatic carbocycles. The molecule has 1 heterocycles. The number of aliphatic imine (C=N–C) groups is 1. The van der Waals surface area contributed by atoms with Crippen LogP contribution in [0.4, 0.5) is 0 Å². The maximum absolute atomic E-state index is 4.14. The molecule has 1 rings (SSSR count). The number of halogens is 1. The molecule has 1 aliphatic heterocycles. The number of hydrogen-bond acceptors (Lipinski definition) is 1. The molecule has 0 aromatic heterocycles. The third kappa shape index (κ3) is 2.86. The van der Waals surface area contributed by atoms with Crippen molar-refractivity contribution in [2.45, 2.75) is 26.7 Å². The Bertz CT molecular complexity index is 155. The quantitative estimate of drug-likeness (QED) is 0.469. The molecule has 0 amide bonds. The minimum Gasteiger partial charge on any atom is -1.00 e. The van der Waals surface area contributed by atoms with Gasteiger partial charge in [0, 0.05) is 0 Å². The van der Waals surface area contributed by atoms with Gasteiger partial charge in [0.2, 0.25) is 0 Å². The van der Waals surface area contributed by atoms with Crippen molar-refractivity contribution in [2.75, 3.05) is 13.1 Å². The third-order valence-corrected chi connectivity index (χ3v) is 2.03. The van der Waals surface area contributed by atoms with Crippen LogP contribution in [0.25, 0.3) is 0 Å². The molecule has 0 saturated carbocycles. The Morgan fingerprint density at radius 2 is 1.75 bits per heavy atom. The summed E-state index contributed by atoms with van der Waals surface area (Å²) in [7, 11) is 0. The molecule has 0 atom stereocenters.